The third kappa shape index (κ3) is 9.21. The lowest BCUT2D eigenvalue weighted by atomic mass is 10.2. The summed E-state index contributed by atoms with van der Waals surface area (Å²) in [6.07, 6.45) is -0.0188. The van der Waals surface area contributed by atoms with Crippen molar-refractivity contribution in [2.24, 2.45) is 0 Å². The smallest absolute Gasteiger partial charge is 0.342 e. The molecule has 0 aromatic carbocycles. The van der Waals surface area contributed by atoms with Gasteiger partial charge < -0.3 is 4.74 Å². The minimum absolute atomic E-state index is 0.0141. The van der Waals surface area contributed by atoms with Gasteiger partial charge in [-0.3, -0.25) is 9.68 Å². The highest BCUT2D eigenvalue weighted by molar-refractivity contribution is 5.77. The maximum Gasteiger partial charge on any atom is 0.342 e. The SMILES string of the molecule is CCOC(=O)CCC(=O)OOC(C)(C)C. The van der Waals surface area contributed by atoms with Crippen molar-refractivity contribution >= 4 is 11.9 Å². The van der Waals surface area contributed by atoms with E-state index in [9.17, 15) is 9.59 Å². The van der Waals surface area contributed by atoms with Crippen molar-refractivity contribution in [3.05, 3.63) is 0 Å². The molecule has 5 nitrogen and oxygen atoms in total. The second kappa shape index (κ2) is 6.40. The van der Waals surface area contributed by atoms with Gasteiger partial charge in [0.05, 0.1) is 19.4 Å². The highest BCUT2D eigenvalue weighted by Gasteiger charge is 2.16. The third-order valence-corrected chi connectivity index (χ3v) is 1.22. The maximum absolute atomic E-state index is 11.0. The van der Waals surface area contributed by atoms with Crippen molar-refractivity contribution < 1.29 is 24.1 Å². The Bertz CT molecular complexity index is 216. The lowest BCUT2D eigenvalue weighted by Crippen LogP contribution is -2.22. The first-order chi connectivity index (χ1) is 6.85. The molecule has 0 radical (unpaired) electrons. The summed E-state index contributed by atoms with van der Waals surface area (Å²) >= 11 is 0. The number of hydrogen-bond donors (Lipinski definition) is 0. The monoisotopic (exact) mass is 218 g/mol. The van der Waals surface area contributed by atoms with Crippen LogP contribution >= 0.6 is 0 Å². The highest BCUT2D eigenvalue weighted by atomic mass is 17.2. The second-order valence-corrected chi connectivity index (χ2v) is 3.96. The van der Waals surface area contributed by atoms with Crippen molar-refractivity contribution in [2.75, 3.05) is 6.61 Å². The molecule has 0 aromatic heterocycles. The van der Waals surface area contributed by atoms with E-state index in [1.54, 1.807) is 27.7 Å². The first-order valence-electron chi connectivity index (χ1n) is 4.89. The van der Waals surface area contributed by atoms with E-state index in [0.29, 0.717) is 6.61 Å². The van der Waals surface area contributed by atoms with Crippen LogP contribution in [0.5, 0.6) is 0 Å². The average molecular weight is 218 g/mol. The van der Waals surface area contributed by atoms with Crippen LogP contribution in [0.25, 0.3) is 0 Å². The molecule has 15 heavy (non-hydrogen) atoms. The quantitative estimate of drug-likeness (QED) is 0.398. The molecule has 0 aliphatic rings. The number of ether oxygens (including phenoxy) is 1. The van der Waals surface area contributed by atoms with Crippen LogP contribution < -0.4 is 0 Å². The minimum Gasteiger partial charge on any atom is -0.466 e. The second-order valence-electron chi connectivity index (χ2n) is 3.96. The molecule has 0 bridgehead atoms. The normalized spacial score (nSPS) is 10.9. The molecule has 0 amide bonds. The molecule has 0 atom stereocenters. The summed E-state index contributed by atoms with van der Waals surface area (Å²) in [7, 11) is 0. The van der Waals surface area contributed by atoms with Crippen LogP contribution in [-0.4, -0.2) is 24.1 Å². The Balaban J connectivity index is 3.62. The fourth-order valence-corrected chi connectivity index (χ4v) is 0.650. The predicted molar refractivity (Wildman–Crippen MR) is 52.8 cm³/mol. The molecule has 0 rings (SSSR count). The summed E-state index contributed by atoms with van der Waals surface area (Å²) in [5, 5.41) is 0. The van der Waals surface area contributed by atoms with E-state index in [-0.39, 0.29) is 12.8 Å². The summed E-state index contributed by atoms with van der Waals surface area (Å²) < 4.78 is 4.65. The molecule has 88 valence electrons. The Morgan fingerprint density at radius 2 is 1.60 bits per heavy atom. The van der Waals surface area contributed by atoms with Gasteiger partial charge >= 0.3 is 11.9 Å². The molecule has 0 aromatic rings. The van der Waals surface area contributed by atoms with Gasteiger partial charge in [-0.15, -0.1) is 0 Å². The Morgan fingerprint density at radius 3 is 2.07 bits per heavy atom. The van der Waals surface area contributed by atoms with Crippen LogP contribution in [0.2, 0.25) is 0 Å². The molecule has 0 fully saturated rings. The highest BCUT2D eigenvalue weighted by Crippen LogP contribution is 2.08. The molecule has 0 saturated heterocycles. The van der Waals surface area contributed by atoms with E-state index in [4.69, 9.17) is 4.89 Å². The molecule has 0 saturated carbocycles. The van der Waals surface area contributed by atoms with Crippen LogP contribution in [0, 0.1) is 0 Å². The van der Waals surface area contributed by atoms with Gasteiger partial charge in [-0.2, -0.15) is 4.89 Å². The summed E-state index contributed by atoms with van der Waals surface area (Å²) in [5.41, 5.74) is -0.542. The summed E-state index contributed by atoms with van der Waals surface area (Å²) in [5.74, 6) is -0.983. The average Bonchev–Trinajstić information content (AvgIpc) is 2.11. The van der Waals surface area contributed by atoms with Gasteiger partial charge in [0.2, 0.25) is 0 Å². The van der Waals surface area contributed by atoms with Crippen LogP contribution in [-0.2, 0) is 24.1 Å². The van der Waals surface area contributed by atoms with E-state index < -0.39 is 17.5 Å². The van der Waals surface area contributed by atoms with E-state index in [1.807, 2.05) is 0 Å². The number of hydrogen-bond acceptors (Lipinski definition) is 5. The van der Waals surface area contributed by atoms with Crippen molar-refractivity contribution in [2.45, 2.75) is 46.1 Å². The van der Waals surface area contributed by atoms with Crippen LogP contribution in [0.3, 0.4) is 0 Å². The fourth-order valence-electron chi connectivity index (χ4n) is 0.650. The summed E-state index contributed by atoms with van der Waals surface area (Å²) in [6, 6.07) is 0. The Hall–Kier alpha value is -1.10. The lowest BCUT2D eigenvalue weighted by molar-refractivity contribution is -0.320. The van der Waals surface area contributed by atoms with Gasteiger partial charge in [-0.25, -0.2) is 4.79 Å². The van der Waals surface area contributed by atoms with E-state index in [0.717, 1.165) is 0 Å². The maximum atomic E-state index is 11.0. The summed E-state index contributed by atoms with van der Waals surface area (Å²) in [4.78, 5) is 31.2. The molecule has 0 aliphatic carbocycles. The number of rotatable bonds is 5. The molecule has 0 N–H and O–H groups in total. The molecule has 0 spiro atoms. The van der Waals surface area contributed by atoms with Gasteiger partial charge in [-0.1, -0.05) is 0 Å². The Morgan fingerprint density at radius 1 is 1.07 bits per heavy atom. The number of carbonyl (C=O) groups excluding carboxylic acids is 2. The first kappa shape index (κ1) is 13.9. The van der Waals surface area contributed by atoms with Crippen molar-refractivity contribution in [3.63, 3.8) is 0 Å². The fraction of sp³-hybridized carbons (Fsp3) is 0.800. The van der Waals surface area contributed by atoms with E-state index >= 15 is 0 Å². The molecule has 0 aliphatic heterocycles. The van der Waals surface area contributed by atoms with Gasteiger partial charge in [0.25, 0.3) is 0 Å². The molecule has 5 heteroatoms. The largest absolute Gasteiger partial charge is 0.466 e. The van der Waals surface area contributed by atoms with Gasteiger partial charge in [0.1, 0.15) is 5.60 Å². The first-order valence-corrected chi connectivity index (χ1v) is 4.89. The van der Waals surface area contributed by atoms with Crippen LogP contribution in [0.1, 0.15) is 40.5 Å². The number of carbonyl (C=O) groups is 2. The van der Waals surface area contributed by atoms with Crippen molar-refractivity contribution in [3.8, 4) is 0 Å². The van der Waals surface area contributed by atoms with Gasteiger partial charge in [0.15, 0.2) is 0 Å². The molecular formula is C10H18O5. The molecular weight excluding hydrogens is 200 g/mol. The van der Waals surface area contributed by atoms with Gasteiger partial charge in [0, 0.05) is 0 Å². The lowest BCUT2D eigenvalue weighted by Gasteiger charge is -2.16. The van der Waals surface area contributed by atoms with E-state index in [2.05, 4.69) is 9.62 Å². The van der Waals surface area contributed by atoms with Crippen LogP contribution in [0.15, 0.2) is 0 Å². The number of esters is 1. The zero-order valence-corrected chi connectivity index (χ0v) is 9.66. The molecule has 0 unspecified atom stereocenters. The molecule has 0 heterocycles. The third-order valence-electron chi connectivity index (χ3n) is 1.22. The van der Waals surface area contributed by atoms with Crippen LogP contribution in [0.4, 0.5) is 0 Å². The zero-order valence-electron chi connectivity index (χ0n) is 9.66. The topological polar surface area (TPSA) is 61.8 Å². The summed E-state index contributed by atoms with van der Waals surface area (Å²) in [6.45, 7) is 7.29. The van der Waals surface area contributed by atoms with Gasteiger partial charge in [-0.05, 0) is 27.7 Å². The Kier molecular flexibility index (Phi) is 5.93. The van der Waals surface area contributed by atoms with E-state index in [1.165, 1.54) is 0 Å². The minimum atomic E-state index is -0.571. The Labute approximate surface area is 89.6 Å². The van der Waals surface area contributed by atoms with Crippen molar-refractivity contribution in [1.29, 1.82) is 0 Å². The standard InChI is InChI=1S/C10H18O5/c1-5-13-8(11)6-7-9(12)14-15-10(2,3)4/h5-7H2,1-4H3. The predicted octanol–water partition coefficient (Wildman–Crippen LogP) is 1.60. The zero-order chi connectivity index (χ0) is 11.9. The van der Waals surface area contributed by atoms with Crippen molar-refractivity contribution in [1.82, 2.24) is 0 Å².